The predicted molar refractivity (Wildman–Crippen MR) is 147 cm³/mol. The molecular formula is C24H33F4N7O6S2. The number of β-amino-alcohol motifs (C(OH)–C–C–N with tert-alkyl or cyclic N) is 1. The largest absolute Gasteiger partial charge is 0.391 e. The summed E-state index contributed by atoms with van der Waals surface area (Å²) in [6.07, 6.45) is -2.43. The minimum absolute atomic E-state index is 0.0167. The van der Waals surface area contributed by atoms with Gasteiger partial charge in [0.25, 0.3) is 12.3 Å². The zero-order valence-electron chi connectivity index (χ0n) is 22.8. The molecule has 2 aliphatic rings. The quantitative estimate of drug-likeness (QED) is 0.114. The van der Waals surface area contributed by atoms with Crippen LogP contribution >= 0.6 is 11.8 Å². The Hall–Kier alpha value is -2.74. The third kappa shape index (κ3) is 8.90. The molecule has 4 rings (SSSR count). The molecule has 2 fully saturated rings. The van der Waals surface area contributed by atoms with E-state index in [1.165, 1.54) is 6.07 Å². The Morgan fingerprint density at radius 1 is 1.14 bits per heavy atom. The van der Waals surface area contributed by atoms with Gasteiger partial charge in [-0.3, -0.25) is 4.79 Å². The van der Waals surface area contributed by atoms with Crippen LogP contribution in [0, 0.1) is 5.92 Å². The lowest BCUT2D eigenvalue weighted by Gasteiger charge is -2.34. The first kappa shape index (κ1) is 33.2. The molecule has 0 aromatic carbocycles. The van der Waals surface area contributed by atoms with E-state index in [0.29, 0.717) is 31.0 Å². The van der Waals surface area contributed by atoms with Crippen molar-refractivity contribution in [3.05, 3.63) is 18.0 Å². The molecule has 1 aliphatic heterocycles. The van der Waals surface area contributed by atoms with Crippen molar-refractivity contribution >= 4 is 39.2 Å². The summed E-state index contributed by atoms with van der Waals surface area (Å²) >= 11 is 0.601. The Morgan fingerprint density at radius 3 is 2.53 bits per heavy atom. The number of aliphatic hydroxyl groups is 2. The second kappa shape index (κ2) is 14.8. The monoisotopic (exact) mass is 655 g/mol. The number of halogens is 4. The maximum absolute atomic E-state index is 13.1. The average Bonchev–Trinajstić information content (AvgIpc) is 3.63. The number of thioether (sulfide) groups is 1. The van der Waals surface area contributed by atoms with Gasteiger partial charge in [-0.1, -0.05) is 31.0 Å². The molecule has 1 aliphatic carbocycles. The third-order valence-electron chi connectivity index (χ3n) is 7.18. The van der Waals surface area contributed by atoms with E-state index in [2.05, 4.69) is 30.6 Å². The fraction of sp³-hybridized carbons (Fsp3) is 0.667. The van der Waals surface area contributed by atoms with Crippen molar-refractivity contribution in [2.75, 3.05) is 35.6 Å². The van der Waals surface area contributed by atoms with Crippen molar-refractivity contribution in [2.45, 2.75) is 79.7 Å². The third-order valence-corrected chi connectivity index (χ3v) is 9.58. The molecular weight excluding hydrogens is 622 g/mol. The lowest BCUT2D eigenvalue weighted by molar-refractivity contribution is 0.0740. The van der Waals surface area contributed by atoms with Gasteiger partial charge in [-0.15, -0.1) is 0 Å². The van der Waals surface area contributed by atoms with Gasteiger partial charge in [0.1, 0.15) is 16.9 Å². The molecule has 2 aromatic heterocycles. The van der Waals surface area contributed by atoms with E-state index in [-0.39, 0.29) is 46.1 Å². The molecule has 43 heavy (non-hydrogen) atoms. The van der Waals surface area contributed by atoms with Crippen LogP contribution in [0.25, 0.3) is 0 Å². The molecule has 1 amide bonds. The number of rotatable bonds is 14. The summed E-state index contributed by atoms with van der Waals surface area (Å²) in [5.74, 6) is -1.59. The number of aromatic nitrogens is 3. The van der Waals surface area contributed by atoms with Crippen LogP contribution in [0.1, 0.15) is 49.0 Å². The first-order chi connectivity index (χ1) is 20.4. The molecule has 3 atom stereocenters. The molecule has 13 nitrogen and oxygen atoms in total. The molecule has 3 heterocycles. The van der Waals surface area contributed by atoms with Crippen LogP contribution in [0.4, 0.5) is 29.1 Å². The maximum Gasteiger partial charge on any atom is 0.276 e. The summed E-state index contributed by atoms with van der Waals surface area (Å²) in [7, 11) is -4.41. The van der Waals surface area contributed by atoms with Gasteiger partial charge in [-0.05, 0) is 35.5 Å². The number of anilines is 2. The van der Waals surface area contributed by atoms with Crippen LogP contribution in [0.3, 0.4) is 0 Å². The van der Waals surface area contributed by atoms with E-state index in [1.807, 2.05) is 4.72 Å². The Morgan fingerprint density at radius 2 is 1.88 bits per heavy atom. The molecule has 2 aromatic rings. The van der Waals surface area contributed by atoms with Crippen molar-refractivity contribution in [1.29, 1.82) is 0 Å². The number of amides is 1. The smallest absolute Gasteiger partial charge is 0.276 e. The second-order valence-electron chi connectivity index (χ2n) is 10.3. The number of aliphatic hydroxyl groups excluding tert-OH is 2. The minimum atomic E-state index is -4.41. The number of nitrogens with one attached hydrogen (secondary N) is 3. The number of carbonyl (C=O) groups is 1. The SMILES string of the molecule is O=C(N[C@@H](C1CCCCC1)[C@H](O)Nc1cc(N2CC[C@@H](O)C2)c(S(=O)(=O)NCC(F)F)cn1)c1nonc1SCC(F)F. The molecule has 240 valence electrons. The highest BCUT2D eigenvalue weighted by Gasteiger charge is 2.34. The van der Waals surface area contributed by atoms with Crippen molar-refractivity contribution in [3.8, 4) is 0 Å². The zero-order chi connectivity index (χ0) is 31.1. The Bertz CT molecular complexity index is 1330. The fourth-order valence-electron chi connectivity index (χ4n) is 5.14. The van der Waals surface area contributed by atoms with Gasteiger partial charge in [0.15, 0.2) is 5.03 Å². The van der Waals surface area contributed by atoms with Crippen molar-refractivity contribution in [1.82, 2.24) is 25.3 Å². The fourth-order valence-corrected chi connectivity index (χ4v) is 6.93. The van der Waals surface area contributed by atoms with Gasteiger partial charge < -0.3 is 25.7 Å². The number of nitrogens with zero attached hydrogens (tertiary/aromatic N) is 4. The molecule has 0 radical (unpaired) electrons. The van der Waals surface area contributed by atoms with E-state index in [9.17, 15) is 41.0 Å². The van der Waals surface area contributed by atoms with E-state index in [1.54, 1.807) is 4.90 Å². The number of carbonyl (C=O) groups excluding carboxylic acids is 1. The average molecular weight is 656 g/mol. The van der Waals surface area contributed by atoms with Gasteiger partial charge in [0.05, 0.1) is 36.3 Å². The minimum Gasteiger partial charge on any atom is -0.391 e. The summed E-state index contributed by atoms with van der Waals surface area (Å²) in [5.41, 5.74) is -0.229. The molecule has 0 unspecified atom stereocenters. The molecule has 1 saturated heterocycles. The van der Waals surface area contributed by atoms with Crippen LogP contribution in [0.15, 0.2) is 26.8 Å². The van der Waals surface area contributed by atoms with Crippen molar-refractivity contribution in [3.63, 3.8) is 0 Å². The highest BCUT2D eigenvalue weighted by Crippen LogP contribution is 2.32. The zero-order valence-corrected chi connectivity index (χ0v) is 24.5. The first-order valence-electron chi connectivity index (χ1n) is 13.6. The molecule has 0 bridgehead atoms. The van der Waals surface area contributed by atoms with Gasteiger partial charge in [-0.2, -0.15) is 0 Å². The number of pyridine rings is 1. The Labute approximate surface area is 249 Å². The van der Waals surface area contributed by atoms with E-state index >= 15 is 0 Å². The standard InChI is InChI=1S/C24H33F4N7O6S2/c25-17(26)10-30-43(39,40)16-9-29-19(8-15(16)35-7-6-14(36)11-35)31-22(37)20(13-4-2-1-3-5-13)32-23(38)21-24(34-41-33-21)42-12-18(27)28/h8-9,13-14,17-18,20,22,30,36-37H,1-7,10-12H2,(H,29,31)(H,32,38)/t14-,20+,22+/m1/s1. The molecule has 5 N–H and O–H groups in total. The van der Waals surface area contributed by atoms with Gasteiger partial charge in [0, 0.05) is 19.2 Å². The van der Waals surface area contributed by atoms with Crippen LogP contribution in [0.2, 0.25) is 0 Å². The summed E-state index contributed by atoms with van der Waals surface area (Å²) in [5, 5.41) is 33.8. The van der Waals surface area contributed by atoms with Gasteiger partial charge in [0.2, 0.25) is 22.1 Å². The summed E-state index contributed by atoms with van der Waals surface area (Å²) in [6, 6.07) is 0.408. The molecule has 0 spiro atoms. The highest BCUT2D eigenvalue weighted by molar-refractivity contribution is 7.99. The molecule has 19 heteroatoms. The summed E-state index contributed by atoms with van der Waals surface area (Å²) in [4.78, 5) is 18.4. The van der Waals surface area contributed by atoms with E-state index < -0.39 is 59.5 Å². The van der Waals surface area contributed by atoms with Crippen molar-refractivity contribution < 1.29 is 45.6 Å². The summed E-state index contributed by atoms with van der Waals surface area (Å²) < 4.78 is 83.0. The predicted octanol–water partition coefficient (Wildman–Crippen LogP) is 2.05. The lowest BCUT2D eigenvalue weighted by atomic mass is 9.83. The molecule has 1 saturated carbocycles. The lowest BCUT2D eigenvalue weighted by Crippen LogP contribution is -2.52. The second-order valence-corrected chi connectivity index (χ2v) is 13.0. The van der Waals surface area contributed by atoms with Gasteiger partial charge in [-0.25, -0.2) is 40.3 Å². The maximum atomic E-state index is 13.1. The number of sulfonamides is 1. The van der Waals surface area contributed by atoms with Crippen LogP contribution in [-0.4, -0.2) is 96.4 Å². The number of hydrogen-bond acceptors (Lipinski definition) is 12. The summed E-state index contributed by atoms with van der Waals surface area (Å²) in [6.45, 7) is -0.736. The van der Waals surface area contributed by atoms with Gasteiger partial charge >= 0.3 is 0 Å². The van der Waals surface area contributed by atoms with Crippen LogP contribution < -0.4 is 20.3 Å². The van der Waals surface area contributed by atoms with Crippen LogP contribution in [0.5, 0.6) is 0 Å². The van der Waals surface area contributed by atoms with E-state index in [0.717, 1.165) is 25.5 Å². The highest BCUT2D eigenvalue weighted by atomic mass is 32.2. The normalized spacial score (nSPS) is 19.6. The number of hydrogen-bond donors (Lipinski definition) is 5. The van der Waals surface area contributed by atoms with Crippen LogP contribution in [-0.2, 0) is 10.0 Å². The first-order valence-corrected chi connectivity index (χ1v) is 16.1. The van der Waals surface area contributed by atoms with Crippen molar-refractivity contribution in [2.24, 2.45) is 5.92 Å². The number of alkyl halides is 4. The Kier molecular flexibility index (Phi) is 11.4. The van der Waals surface area contributed by atoms with E-state index in [4.69, 9.17) is 0 Å². The Balaban J connectivity index is 1.58. The topological polar surface area (TPSA) is 183 Å².